The number of nitrogens with one attached hydrogen (secondary N) is 2. The average Bonchev–Trinajstić information content (AvgIpc) is 3.29. The van der Waals surface area contributed by atoms with Gasteiger partial charge in [0.05, 0.1) is 0 Å². The first-order valence-corrected chi connectivity index (χ1v) is 10.8. The van der Waals surface area contributed by atoms with E-state index in [1.54, 1.807) is 24.3 Å². The SMILES string of the molecule is O=C(C=Cc1ccc(C(=O)N[C@H](C(=O)OC2CCCC2)C2CCCCC2)cc1)NO. The predicted molar refractivity (Wildman–Crippen MR) is 112 cm³/mol. The van der Waals surface area contributed by atoms with Gasteiger partial charge in [0.25, 0.3) is 11.8 Å². The Bertz CT molecular complexity index is 762. The first kappa shape index (κ1) is 22.0. The molecule has 0 radical (unpaired) electrons. The van der Waals surface area contributed by atoms with E-state index in [-0.39, 0.29) is 23.9 Å². The maximum Gasteiger partial charge on any atom is 0.329 e. The maximum absolute atomic E-state index is 12.9. The van der Waals surface area contributed by atoms with E-state index in [1.807, 2.05) is 0 Å². The van der Waals surface area contributed by atoms with Crippen LogP contribution in [0.5, 0.6) is 0 Å². The molecule has 3 rings (SSSR count). The van der Waals surface area contributed by atoms with Crippen molar-refractivity contribution < 1.29 is 24.3 Å². The molecule has 1 aromatic carbocycles. The van der Waals surface area contributed by atoms with Gasteiger partial charge in [-0.2, -0.15) is 0 Å². The Morgan fingerprint density at radius 3 is 2.23 bits per heavy atom. The largest absolute Gasteiger partial charge is 0.461 e. The summed E-state index contributed by atoms with van der Waals surface area (Å²) in [6, 6.07) is 6.06. The van der Waals surface area contributed by atoms with Gasteiger partial charge in [-0.25, -0.2) is 10.3 Å². The monoisotopic (exact) mass is 414 g/mol. The second-order valence-electron chi connectivity index (χ2n) is 8.12. The standard InChI is InChI=1S/C23H30N2O5/c26-20(25-29)15-12-16-10-13-18(14-11-16)22(27)24-21(17-6-2-1-3-7-17)23(28)30-19-8-4-5-9-19/h10-15,17,19,21,29H,1-9H2,(H,24,27)(H,25,26)/t21-/m0/s1. The molecule has 1 atom stereocenters. The second-order valence-corrected chi connectivity index (χ2v) is 8.12. The normalized spacial score (nSPS) is 18.8. The summed E-state index contributed by atoms with van der Waals surface area (Å²) in [5.74, 6) is -1.14. The number of rotatable bonds is 7. The van der Waals surface area contributed by atoms with E-state index in [4.69, 9.17) is 9.94 Å². The zero-order valence-corrected chi connectivity index (χ0v) is 17.1. The highest BCUT2D eigenvalue weighted by Crippen LogP contribution is 2.29. The summed E-state index contributed by atoms with van der Waals surface area (Å²) in [6.45, 7) is 0. The molecule has 0 bridgehead atoms. The lowest BCUT2D eigenvalue weighted by atomic mass is 9.83. The fraction of sp³-hybridized carbons (Fsp3) is 0.522. The number of esters is 1. The minimum absolute atomic E-state index is 0.0253. The van der Waals surface area contributed by atoms with Crippen molar-refractivity contribution in [3.8, 4) is 0 Å². The predicted octanol–water partition coefficient (Wildman–Crippen LogP) is 3.37. The lowest BCUT2D eigenvalue weighted by molar-refractivity contribution is -0.153. The number of carbonyl (C=O) groups is 3. The zero-order chi connectivity index (χ0) is 21.3. The van der Waals surface area contributed by atoms with Gasteiger partial charge >= 0.3 is 5.97 Å². The van der Waals surface area contributed by atoms with Gasteiger partial charge in [0, 0.05) is 11.6 Å². The minimum atomic E-state index is -0.632. The zero-order valence-electron chi connectivity index (χ0n) is 17.1. The van der Waals surface area contributed by atoms with Crippen molar-refractivity contribution >= 4 is 23.9 Å². The molecule has 7 nitrogen and oxygen atoms in total. The van der Waals surface area contributed by atoms with E-state index in [0.717, 1.165) is 57.8 Å². The van der Waals surface area contributed by atoms with Crippen LogP contribution in [0.4, 0.5) is 0 Å². The Balaban J connectivity index is 1.66. The van der Waals surface area contributed by atoms with E-state index in [9.17, 15) is 14.4 Å². The van der Waals surface area contributed by atoms with Gasteiger partial charge in [-0.3, -0.25) is 14.8 Å². The Morgan fingerprint density at radius 2 is 1.60 bits per heavy atom. The molecule has 0 aliphatic heterocycles. The van der Waals surface area contributed by atoms with Crippen molar-refractivity contribution in [3.63, 3.8) is 0 Å². The highest BCUT2D eigenvalue weighted by molar-refractivity contribution is 5.97. The third-order valence-electron chi connectivity index (χ3n) is 5.96. The molecule has 7 heteroatoms. The van der Waals surface area contributed by atoms with Crippen LogP contribution in [0.15, 0.2) is 30.3 Å². The van der Waals surface area contributed by atoms with Gasteiger partial charge in [-0.05, 0) is 68.2 Å². The van der Waals surface area contributed by atoms with Crippen LogP contribution in [0.3, 0.4) is 0 Å². The van der Waals surface area contributed by atoms with Gasteiger partial charge in [-0.15, -0.1) is 0 Å². The van der Waals surface area contributed by atoms with Crippen molar-refractivity contribution in [2.45, 2.75) is 69.9 Å². The minimum Gasteiger partial charge on any atom is -0.461 e. The van der Waals surface area contributed by atoms with Gasteiger partial charge in [0.15, 0.2) is 0 Å². The lowest BCUT2D eigenvalue weighted by Crippen LogP contribution is -2.48. The van der Waals surface area contributed by atoms with Crippen molar-refractivity contribution in [1.82, 2.24) is 10.8 Å². The molecule has 0 heterocycles. The maximum atomic E-state index is 12.9. The first-order chi connectivity index (χ1) is 14.6. The summed E-state index contributed by atoms with van der Waals surface area (Å²) in [5, 5.41) is 11.4. The molecule has 2 aliphatic rings. The molecule has 0 unspecified atom stereocenters. The Kier molecular flexibility index (Phi) is 8.02. The lowest BCUT2D eigenvalue weighted by Gasteiger charge is -2.30. The molecule has 0 saturated heterocycles. The van der Waals surface area contributed by atoms with Crippen LogP contribution in [-0.2, 0) is 14.3 Å². The summed E-state index contributed by atoms with van der Waals surface area (Å²) >= 11 is 0. The topological polar surface area (TPSA) is 105 Å². The van der Waals surface area contributed by atoms with Gasteiger partial charge in [0.1, 0.15) is 12.1 Å². The molecule has 162 valence electrons. The third kappa shape index (κ3) is 6.16. The van der Waals surface area contributed by atoms with Crippen LogP contribution >= 0.6 is 0 Å². The van der Waals surface area contributed by atoms with E-state index >= 15 is 0 Å². The highest BCUT2D eigenvalue weighted by Gasteiger charge is 2.34. The molecule has 0 aromatic heterocycles. The number of hydroxylamine groups is 1. The number of ether oxygens (including phenoxy) is 1. The molecule has 2 amide bonds. The van der Waals surface area contributed by atoms with Crippen LogP contribution in [0, 0.1) is 5.92 Å². The number of hydrogen-bond acceptors (Lipinski definition) is 5. The molecule has 0 spiro atoms. The Labute approximate surface area is 176 Å². The van der Waals surface area contributed by atoms with Crippen LogP contribution < -0.4 is 10.8 Å². The molecule has 1 aromatic rings. The van der Waals surface area contributed by atoms with Crippen molar-refractivity contribution in [3.05, 3.63) is 41.5 Å². The van der Waals surface area contributed by atoms with Crippen LogP contribution in [0.2, 0.25) is 0 Å². The average molecular weight is 415 g/mol. The van der Waals surface area contributed by atoms with Crippen molar-refractivity contribution in [2.75, 3.05) is 0 Å². The van der Waals surface area contributed by atoms with E-state index in [0.29, 0.717) is 11.1 Å². The Hall–Kier alpha value is -2.67. The van der Waals surface area contributed by atoms with Crippen molar-refractivity contribution in [1.29, 1.82) is 0 Å². The van der Waals surface area contributed by atoms with Crippen molar-refractivity contribution in [2.24, 2.45) is 5.92 Å². The summed E-state index contributed by atoms with van der Waals surface area (Å²) in [6.07, 6.45) is 11.8. The fourth-order valence-electron chi connectivity index (χ4n) is 4.26. The molecule has 3 N–H and O–H groups in total. The molecular weight excluding hydrogens is 384 g/mol. The quantitative estimate of drug-likeness (QED) is 0.275. The smallest absolute Gasteiger partial charge is 0.329 e. The first-order valence-electron chi connectivity index (χ1n) is 10.8. The molecule has 30 heavy (non-hydrogen) atoms. The molecule has 2 aliphatic carbocycles. The second kappa shape index (κ2) is 10.9. The summed E-state index contributed by atoms with van der Waals surface area (Å²) in [5.41, 5.74) is 2.67. The van der Waals surface area contributed by atoms with Crippen LogP contribution in [0.25, 0.3) is 6.08 Å². The number of carbonyl (C=O) groups excluding carboxylic acids is 3. The Morgan fingerprint density at radius 1 is 0.967 bits per heavy atom. The van der Waals surface area contributed by atoms with Gasteiger partial charge < -0.3 is 10.1 Å². The number of amides is 2. The molecule has 2 saturated carbocycles. The highest BCUT2D eigenvalue weighted by atomic mass is 16.5. The van der Waals surface area contributed by atoms with Crippen LogP contribution in [-0.4, -0.2) is 35.1 Å². The van der Waals surface area contributed by atoms with E-state index in [2.05, 4.69) is 5.32 Å². The van der Waals surface area contributed by atoms with E-state index in [1.165, 1.54) is 17.6 Å². The van der Waals surface area contributed by atoms with Gasteiger partial charge in [0.2, 0.25) is 0 Å². The third-order valence-corrected chi connectivity index (χ3v) is 5.96. The van der Waals surface area contributed by atoms with Crippen LogP contribution in [0.1, 0.15) is 73.7 Å². The molecule has 2 fully saturated rings. The summed E-state index contributed by atoms with van der Waals surface area (Å²) in [4.78, 5) is 36.8. The summed E-state index contributed by atoms with van der Waals surface area (Å²) in [7, 11) is 0. The number of benzene rings is 1. The van der Waals surface area contributed by atoms with E-state index < -0.39 is 11.9 Å². The fourth-order valence-corrected chi connectivity index (χ4v) is 4.26. The molecular formula is C23H30N2O5. The van der Waals surface area contributed by atoms with Gasteiger partial charge in [-0.1, -0.05) is 31.4 Å². The summed E-state index contributed by atoms with van der Waals surface area (Å²) < 4.78 is 5.73. The number of hydrogen-bond donors (Lipinski definition) is 3.